The number of oxime groups is 1. The van der Waals surface area contributed by atoms with Gasteiger partial charge in [-0.15, -0.1) is 22.0 Å². The molecule has 2 aliphatic rings. The molecule has 2 aliphatic heterocycles. The minimum atomic E-state index is -1.55. The van der Waals surface area contributed by atoms with E-state index in [2.05, 4.69) is 35.3 Å². The van der Waals surface area contributed by atoms with Crippen molar-refractivity contribution in [2.45, 2.75) is 29.2 Å². The van der Waals surface area contributed by atoms with Crippen molar-refractivity contribution in [3.8, 4) is 5.75 Å². The van der Waals surface area contributed by atoms with E-state index in [0.29, 0.717) is 9.91 Å². The van der Waals surface area contributed by atoms with E-state index in [1.807, 2.05) is 0 Å². The molecule has 0 saturated carbocycles. The number of rotatable bonds is 11. The number of carboxylic acid groups (broad SMARTS) is 1. The van der Waals surface area contributed by atoms with Crippen molar-refractivity contribution in [2.24, 2.45) is 5.16 Å². The molecule has 0 unspecified atom stereocenters. The number of carbonyl (C=O) groups is 4. The van der Waals surface area contributed by atoms with Gasteiger partial charge in [0.25, 0.3) is 11.8 Å². The Morgan fingerprint density at radius 2 is 2.07 bits per heavy atom. The summed E-state index contributed by atoms with van der Waals surface area (Å²) in [6, 6.07) is 0.0925. The van der Waals surface area contributed by atoms with Gasteiger partial charge in [-0.2, -0.15) is 9.36 Å². The standard InChI is InChI=1S/C23H22N10O8S4.Na/c1-8-15(36)10(34)3-4-32(8)5-11(35)25-22-28-29-23(44-22)43-7-9-6-42-19-13(18(38)33(19)14(9)20(39)40)26-17(37)12(30-41-2)16-27-21(24)45-31-16;/h3-4,13,19,36H,5-7H2,1-2H3,(H,26,37)(H,39,40)(H2,24,27,31)(H,25,28,35);/q;+1/p-1/b30-12-;/t13-,19+;/m1./s1. The van der Waals surface area contributed by atoms with E-state index in [1.165, 1.54) is 36.6 Å². The Kier molecular flexibility index (Phi) is 11.5. The summed E-state index contributed by atoms with van der Waals surface area (Å²) in [7, 11) is 1.22. The van der Waals surface area contributed by atoms with Gasteiger partial charge < -0.3 is 35.5 Å². The Labute approximate surface area is 297 Å². The quantitative estimate of drug-likeness (QED) is 0.0363. The molecule has 23 heteroatoms. The van der Waals surface area contributed by atoms with E-state index in [9.17, 15) is 34.2 Å². The summed E-state index contributed by atoms with van der Waals surface area (Å²) in [6.07, 6.45) is 1.39. The molecule has 5 rings (SSSR count). The van der Waals surface area contributed by atoms with Crippen molar-refractivity contribution in [1.82, 2.24) is 34.3 Å². The minimum absolute atomic E-state index is 0. The number of carboxylic acids is 1. The first-order valence-electron chi connectivity index (χ1n) is 12.5. The molecule has 0 bridgehead atoms. The van der Waals surface area contributed by atoms with Crippen LogP contribution in [0.5, 0.6) is 5.75 Å². The van der Waals surface area contributed by atoms with Gasteiger partial charge in [-0.1, -0.05) is 28.3 Å². The number of nitrogen functional groups attached to an aromatic ring is 1. The SMILES string of the molecule is CO/N=C(\C(=O)N[C@@H]1C(=O)N2C(C(=O)[O-])=C(CSc3nnc(NC(=O)Cn4ccc(=O)c(O)c4C)s3)CS[C@@H]12)c1nsc(N)n1.[Na+]. The monoisotopic (exact) mass is 716 g/mol. The van der Waals surface area contributed by atoms with Gasteiger partial charge in [0.15, 0.2) is 15.2 Å². The zero-order valence-corrected chi connectivity index (χ0v) is 29.3. The largest absolute Gasteiger partial charge is 1.00 e. The number of amides is 3. The number of nitrogens with two attached hydrogens (primary N) is 1. The summed E-state index contributed by atoms with van der Waals surface area (Å²) < 4.78 is 5.75. The van der Waals surface area contributed by atoms with Gasteiger partial charge >= 0.3 is 29.6 Å². The molecule has 46 heavy (non-hydrogen) atoms. The Morgan fingerprint density at radius 1 is 1.30 bits per heavy atom. The second-order valence-corrected chi connectivity index (χ2v) is 13.2. The van der Waals surface area contributed by atoms with Crippen LogP contribution in [0.2, 0.25) is 0 Å². The number of nitrogens with one attached hydrogen (secondary N) is 2. The number of carbonyl (C=O) groups excluding carboxylic acids is 4. The zero-order valence-electron chi connectivity index (χ0n) is 24.1. The van der Waals surface area contributed by atoms with Crippen molar-refractivity contribution >= 4 is 86.1 Å². The molecule has 1 fully saturated rings. The fourth-order valence-corrected chi connectivity index (χ4v) is 7.90. The number of aliphatic carboxylic acids is 1. The fraction of sp³-hybridized carbons (Fsp3) is 0.304. The molecule has 0 aliphatic carbocycles. The van der Waals surface area contributed by atoms with Crippen LogP contribution in [0, 0.1) is 6.92 Å². The molecule has 236 valence electrons. The minimum Gasteiger partial charge on any atom is -0.543 e. The first-order chi connectivity index (χ1) is 21.5. The van der Waals surface area contributed by atoms with Crippen molar-refractivity contribution in [3.05, 3.63) is 45.3 Å². The molecule has 2 atom stereocenters. The topological polar surface area (TPSA) is 260 Å². The van der Waals surface area contributed by atoms with Gasteiger partial charge in [0.2, 0.25) is 28.0 Å². The molecule has 5 N–H and O–H groups in total. The number of β-lactam (4-membered cyclic amide) rings is 1. The summed E-state index contributed by atoms with van der Waals surface area (Å²) >= 11 is 4.30. The number of nitrogens with zero attached hydrogens (tertiary/aromatic N) is 7. The first-order valence-corrected chi connectivity index (χ1v) is 16.2. The molecule has 3 amide bonds. The Morgan fingerprint density at radius 3 is 2.74 bits per heavy atom. The van der Waals surface area contributed by atoms with Crippen LogP contribution < -0.4 is 56.5 Å². The molecule has 0 aromatic carbocycles. The van der Waals surface area contributed by atoms with Crippen molar-refractivity contribution in [2.75, 3.05) is 29.7 Å². The predicted octanol–water partition coefficient (Wildman–Crippen LogP) is -4.66. The summed E-state index contributed by atoms with van der Waals surface area (Å²) in [6.45, 7) is 1.31. The summed E-state index contributed by atoms with van der Waals surface area (Å²) in [4.78, 5) is 71.7. The number of hydrogen-bond acceptors (Lipinski definition) is 18. The number of fused-ring (bicyclic) bond motifs is 1. The molecule has 3 aromatic rings. The summed E-state index contributed by atoms with van der Waals surface area (Å²) in [5.74, 6) is -3.67. The normalized spacial score (nSPS) is 17.5. The van der Waals surface area contributed by atoms with Gasteiger partial charge in [0.1, 0.15) is 25.1 Å². The van der Waals surface area contributed by atoms with Crippen molar-refractivity contribution in [3.63, 3.8) is 0 Å². The smallest absolute Gasteiger partial charge is 0.543 e. The summed E-state index contributed by atoms with van der Waals surface area (Å²) in [5, 5.41) is 38.2. The van der Waals surface area contributed by atoms with Gasteiger partial charge in [-0.05, 0) is 12.5 Å². The average Bonchev–Trinajstić information content (AvgIpc) is 3.65. The van der Waals surface area contributed by atoms with Crippen LogP contribution in [-0.2, 0) is 30.6 Å². The second-order valence-electron chi connectivity index (χ2n) is 9.13. The molecule has 1 saturated heterocycles. The van der Waals surface area contributed by atoms with Crippen LogP contribution in [-0.4, -0.2) is 93.6 Å². The third kappa shape index (κ3) is 7.37. The van der Waals surface area contributed by atoms with Crippen molar-refractivity contribution < 1.29 is 63.8 Å². The molecule has 0 radical (unpaired) electrons. The predicted molar refractivity (Wildman–Crippen MR) is 161 cm³/mol. The fourth-order valence-electron chi connectivity index (χ4n) is 4.21. The molecule has 5 heterocycles. The maximum Gasteiger partial charge on any atom is 1.00 e. The van der Waals surface area contributed by atoms with Crippen LogP contribution in [0.15, 0.2) is 37.8 Å². The Hall–Kier alpha value is -3.54. The number of anilines is 2. The van der Waals surface area contributed by atoms with Crippen molar-refractivity contribution in [1.29, 1.82) is 0 Å². The van der Waals surface area contributed by atoms with E-state index < -0.39 is 46.3 Å². The number of aromatic nitrogens is 5. The van der Waals surface area contributed by atoms with Gasteiger partial charge in [-0.3, -0.25) is 29.4 Å². The van der Waals surface area contributed by atoms with Gasteiger partial charge in [0, 0.05) is 35.3 Å². The first kappa shape index (κ1) is 35.3. The zero-order chi connectivity index (χ0) is 32.4. The third-order valence-electron chi connectivity index (χ3n) is 6.33. The van der Waals surface area contributed by atoms with E-state index in [4.69, 9.17) is 10.6 Å². The average molecular weight is 717 g/mol. The molecule has 18 nitrogen and oxygen atoms in total. The maximum absolute atomic E-state index is 13.0. The van der Waals surface area contributed by atoms with Gasteiger partial charge in [0.05, 0.1) is 17.4 Å². The van der Waals surface area contributed by atoms with E-state index in [0.717, 1.165) is 45.6 Å². The number of thioether (sulfide) groups is 2. The maximum atomic E-state index is 13.0. The van der Waals surface area contributed by atoms with Gasteiger partial charge in [-0.25, -0.2) is 0 Å². The molecule has 0 spiro atoms. The van der Waals surface area contributed by atoms with Crippen LogP contribution in [0.3, 0.4) is 0 Å². The van der Waals surface area contributed by atoms with E-state index in [1.54, 1.807) is 0 Å². The van der Waals surface area contributed by atoms with Crippen LogP contribution in [0.25, 0.3) is 0 Å². The Bertz CT molecular complexity index is 1830. The number of pyridine rings is 1. The van der Waals surface area contributed by atoms with Crippen LogP contribution in [0.4, 0.5) is 10.3 Å². The number of aromatic hydroxyl groups is 1. The number of hydrogen-bond donors (Lipinski definition) is 4. The van der Waals surface area contributed by atoms with Crippen LogP contribution in [0.1, 0.15) is 11.5 Å². The second kappa shape index (κ2) is 14.9. The van der Waals surface area contributed by atoms with E-state index >= 15 is 0 Å². The summed E-state index contributed by atoms with van der Waals surface area (Å²) in [5.41, 5.74) is 5.07. The molecule has 3 aromatic heterocycles. The molecular weight excluding hydrogens is 696 g/mol. The third-order valence-corrected chi connectivity index (χ3v) is 10.3. The van der Waals surface area contributed by atoms with E-state index in [-0.39, 0.29) is 80.8 Å². The molecular formula is C23H21N10NaO8S4. The van der Waals surface area contributed by atoms with Crippen LogP contribution >= 0.6 is 46.4 Å². The Balaban J connectivity index is 0.00000480.